The summed E-state index contributed by atoms with van der Waals surface area (Å²) in [6, 6.07) is 0. The summed E-state index contributed by atoms with van der Waals surface area (Å²) in [6.07, 6.45) is 2.82. The number of rotatable bonds is 5. The number of hydrogen-bond acceptors (Lipinski definition) is 3. The van der Waals surface area contributed by atoms with Gasteiger partial charge < -0.3 is 5.32 Å². The van der Waals surface area contributed by atoms with E-state index in [1.807, 2.05) is 0 Å². The number of hydrogen-bond donors (Lipinski definition) is 1. The maximum atomic E-state index is 12.2. The maximum absolute atomic E-state index is 12.2. The molecule has 1 N–H and O–H groups in total. The average Bonchev–Trinajstić information content (AvgIpc) is 2.54. The van der Waals surface area contributed by atoms with Gasteiger partial charge in [0.2, 0.25) is 0 Å². The third-order valence-electron chi connectivity index (χ3n) is 2.85. The van der Waals surface area contributed by atoms with E-state index in [9.17, 15) is 8.42 Å². The van der Waals surface area contributed by atoms with Gasteiger partial charge in [-0.2, -0.15) is 17.0 Å². The van der Waals surface area contributed by atoms with Crippen molar-refractivity contribution in [2.24, 2.45) is 0 Å². The fourth-order valence-electron chi connectivity index (χ4n) is 1.74. The van der Waals surface area contributed by atoms with E-state index < -0.39 is 10.2 Å². The van der Waals surface area contributed by atoms with Crippen LogP contribution in [0.1, 0.15) is 26.2 Å². The molecule has 96 valence electrons. The zero-order valence-corrected chi connectivity index (χ0v) is 11.1. The Kier molecular flexibility index (Phi) is 5.68. The molecule has 1 heterocycles. The SMILES string of the molecule is CCCCN(C)S(=O)(=O)N1CCCNCC1. The molecule has 1 saturated heterocycles. The van der Waals surface area contributed by atoms with Gasteiger partial charge in [-0.25, -0.2) is 0 Å². The highest BCUT2D eigenvalue weighted by Crippen LogP contribution is 2.09. The molecule has 1 aliphatic heterocycles. The van der Waals surface area contributed by atoms with E-state index >= 15 is 0 Å². The van der Waals surface area contributed by atoms with Gasteiger partial charge >= 0.3 is 0 Å². The molecule has 0 atom stereocenters. The van der Waals surface area contributed by atoms with Crippen LogP contribution in [0, 0.1) is 0 Å². The van der Waals surface area contributed by atoms with Crippen LogP contribution in [0.25, 0.3) is 0 Å². The average molecular weight is 249 g/mol. The molecule has 1 aliphatic rings. The molecule has 0 unspecified atom stereocenters. The molecular formula is C10H23N3O2S. The molecule has 0 aromatic carbocycles. The second-order valence-corrected chi connectivity index (χ2v) is 6.22. The summed E-state index contributed by atoms with van der Waals surface area (Å²) >= 11 is 0. The van der Waals surface area contributed by atoms with E-state index in [4.69, 9.17) is 0 Å². The molecule has 0 amide bonds. The minimum Gasteiger partial charge on any atom is -0.315 e. The van der Waals surface area contributed by atoms with Crippen molar-refractivity contribution >= 4 is 10.2 Å². The van der Waals surface area contributed by atoms with E-state index in [1.165, 1.54) is 4.31 Å². The summed E-state index contributed by atoms with van der Waals surface area (Å²) in [7, 11) is -1.56. The number of nitrogens with one attached hydrogen (secondary N) is 1. The Balaban J connectivity index is 2.59. The summed E-state index contributed by atoms with van der Waals surface area (Å²) < 4.78 is 27.4. The quantitative estimate of drug-likeness (QED) is 0.760. The highest BCUT2D eigenvalue weighted by atomic mass is 32.2. The van der Waals surface area contributed by atoms with Crippen molar-refractivity contribution in [3.63, 3.8) is 0 Å². The van der Waals surface area contributed by atoms with Gasteiger partial charge in [0.25, 0.3) is 10.2 Å². The van der Waals surface area contributed by atoms with Gasteiger partial charge in [0.05, 0.1) is 0 Å². The minimum atomic E-state index is -3.23. The van der Waals surface area contributed by atoms with E-state index in [0.29, 0.717) is 19.6 Å². The van der Waals surface area contributed by atoms with Gasteiger partial charge in [-0.15, -0.1) is 0 Å². The standard InChI is InChI=1S/C10H23N3O2S/c1-3-4-8-12(2)16(14,15)13-9-5-6-11-7-10-13/h11H,3-10H2,1-2H3. The predicted molar refractivity (Wildman–Crippen MR) is 65.5 cm³/mol. The van der Waals surface area contributed by atoms with Gasteiger partial charge in [-0.05, 0) is 19.4 Å². The Labute approximate surface area is 99.0 Å². The summed E-state index contributed by atoms with van der Waals surface area (Å²) in [6.45, 7) is 5.55. The molecule has 1 fully saturated rings. The van der Waals surface area contributed by atoms with Crippen molar-refractivity contribution in [2.75, 3.05) is 39.8 Å². The maximum Gasteiger partial charge on any atom is 0.281 e. The van der Waals surface area contributed by atoms with Gasteiger partial charge in [0.15, 0.2) is 0 Å². The van der Waals surface area contributed by atoms with Crippen LogP contribution in [0.4, 0.5) is 0 Å². The van der Waals surface area contributed by atoms with Crippen LogP contribution in [-0.4, -0.2) is 56.8 Å². The van der Waals surface area contributed by atoms with Crippen molar-refractivity contribution in [2.45, 2.75) is 26.2 Å². The van der Waals surface area contributed by atoms with Gasteiger partial charge in [0.1, 0.15) is 0 Å². The molecule has 0 aromatic heterocycles. The molecule has 0 radical (unpaired) electrons. The Morgan fingerprint density at radius 1 is 1.31 bits per heavy atom. The lowest BCUT2D eigenvalue weighted by Gasteiger charge is -2.26. The number of nitrogens with zero attached hydrogens (tertiary/aromatic N) is 2. The Bertz CT molecular complexity index is 284. The van der Waals surface area contributed by atoms with Gasteiger partial charge in [0, 0.05) is 33.2 Å². The molecule has 0 bridgehead atoms. The normalized spacial score (nSPS) is 19.9. The summed E-state index contributed by atoms with van der Waals surface area (Å²) in [5.74, 6) is 0. The Hall–Kier alpha value is -0.170. The lowest BCUT2D eigenvalue weighted by molar-refractivity contribution is 0.367. The largest absolute Gasteiger partial charge is 0.315 e. The molecule has 16 heavy (non-hydrogen) atoms. The smallest absolute Gasteiger partial charge is 0.281 e. The van der Waals surface area contributed by atoms with Crippen LogP contribution in [0.5, 0.6) is 0 Å². The van der Waals surface area contributed by atoms with Crippen LogP contribution >= 0.6 is 0 Å². The van der Waals surface area contributed by atoms with Crippen LogP contribution in [-0.2, 0) is 10.2 Å². The van der Waals surface area contributed by atoms with E-state index in [-0.39, 0.29) is 0 Å². The fraction of sp³-hybridized carbons (Fsp3) is 1.00. The van der Waals surface area contributed by atoms with Gasteiger partial charge in [-0.3, -0.25) is 0 Å². The van der Waals surface area contributed by atoms with Crippen molar-refractivity contribution in [3.05, 3.63) is 0 Å². The first-order valence-electron chi connectivity index (χ1n) is 6.01. The van der Waals surface area contributed by atoms with Crippen LogP contribution < -0.4 is 5.32 Å². The molecular weight excluding hydrogens is 226 g/mol. The van der Waals surface area contributed by atoms with Crippen LogP contribution in [0.3, 0.4) is 0 Å². The molecule has 1 rings (SSSR count). The third-order valence-corrected chi connectivity index (χ3v) is 4.83. The van der Waals surface area contributed by atoms with Crippen LogP contribution in [0.2, 0.25) is 0 Å². The van der Waals surface area contributed by atoms with Crippen molar-refractivity contribution < 1.29 is 8.42 Å². The first-order chi connectivity index (χ1) is 7.59. The molecule has 0 aromatic rings. The minimum absolute atomic E-state index is 0.582. The Morgan fingerprint density at radius 3 is 2.75 bits per heavy atom. The van der Waals surface area contributed by atoms with Crippen LogP contribution in [0.15, 0.2) is 0 Å². The summed E-state index contributed by atoms with van der Waals surface area (Å²) in [5, 5.41) is 3.21. The molecule has 6 heteroatoms. The zero-order valence-electron chi connectivity index (χ0n) is 10.3. The molecule has 5 nitrogen and oxygen atoms in total. The Morgan fingerprint density at radius 2 is 2.06 bits per heavy atom. The van der Waals surface area contributed by atoms with E-state index in [1.54, 1.807) is 11.4 Å². The molecule has 0 aliphatic carbocycles. The van der Waals surface area contributed by atoms with Gasteiger partial charge in [-0.1, -0.05) is 13.3 Å². The first-order valence-corrected chi connectivity index (χ1v) is 7.41. The van der Waals surface area contributed by atoms with Crippen molar-refractivity contribution in [1.29, 1.82) is 0 Å². The fourth-order valence-corrected chi connectivity index (χ4v) is 3.18. The molecule has 0 spiro atoms. The summed E-state index contributed by atoms with van der Waals surface area (Å²) in [5.41, 5.74) is 0. The van der Waals surface area contributed by atoms with Crippen molar-refractivity contribution in [1.82, 2.24) is 13.9 Å². The second-order valence-electron chi connectivity index (χ2n) is 4.19. The summed E-state index contributed by atoms with van der Waals surface area (Å²) in [4.78, 5) is 0. The lowest BCUT2D eigenvalue weighted by atomic mass is 10.3. The topological polar surface area (TPSA) is 52.7 Å². The molecule has 0 saturated carbocycles. The highest BCUT2D eigenvalue weighted by Gasteiger charge is 2.26. The third kappa shape index (κ3) is 3.69. The van der Waals surface area contributed by atoms with E-state index in [0.717, 1.165) is 32.4 Å². The second kappa shape index (κ2) is 6.54. The zero-order chi connectivity index (χ0) is 12.0. The van der Waals surface area contributed by atoms with Crippen molar-refractivity contribution in [3.8, 4) is 0 Å². The monoisotopic (exact) mass is 249 g/mol. The highest BCUT2D eigenvalue weighted by molar-refractivity contribution is 7.86. The first kappa shape index (κ1) is 13.9. The van der Waals surface area contributed by atoms with E-state index in [2.05, 4.69) is 12.2 Å². The lowest BCUT2D eigenvalue weighted by Crippen LogP contribution is -2.43. The number of unbranched alkanes of at least 4 members (excludes halogenated alkanes) is 1. The predicted octanol–water partition coefficient (Wildman–Crippen LogP) is 0.258.